The summed E-state index contributed by atoms with van der Waals surface area (Å²) in [5, 5.41) is 18.4. The summed E-state index contributed by atoms with van der Waals surface area (Å²) in [6, 6.07) is 0. The maximum Gasteiger partial charge on any atom is 0.310 e. The van der Waals surface area contributed by atoms with E-state index in [0.717, 1.165) is 6.26 Å². The zero-order chi connectivity index (χ0) is 11.7. The van der Waals surface area contributed by atoms with Crippen molar-refractivity contribution in [1.82, 2.24) is 0 Å². The molecule has 0 spiro atoms. The molecule has 2 N–H and O–H groups in total. The molecular formula is C9H16O5S. The van der Waals surface area contributed by atoms with Crippen LogP contribution in [-0.4, -0.2) is 42.7 Å². The van der Waals surface area contributed by atoms with Gasteiger partial charge in [-0.15, -0.1) is 0 Å². The molecule has 0 aliphatic heterocycles. The summed E-state index contributed by atoms with van der Waals surface area (Å²) in [5.74, 6) is -1.40. The second kappa shape index (κ2) is 4.09. The van der Waals surface area contributed by atoms with Crippen LogP contribution in [0, 0.1) is 5.41 Å². The van der Waals surface area contributed by atoms with Gasteiger partial charge in [-0.2, -0.15) is 0 Å². The topological polar surface area (TPSA) is 91.7 Å². The summed E-state index contributed by atoms with van der Waals surface area (Å²) in [5.41, 5.74) is -1.19. The third-order valence-corrected chi connectivity index (χ3v) is 3.98. The maximum absolute atomic E-state index is 11.2. The second-order valence-electron chi connectivity index (χ2n) is 4.39. The van der Waals surface area contributed by atoms with Crippen LogP contribution < -0.4 is 0 Å². The van der Waals surface area contributed by atoms with Gasteiger partial charge in [0.25, 0.3) is 0 Å². The molecule has 0 unspecified atom stereocenters. The number of rotatable bonds is 3. The standard InChI is InChI=1S/C9H16O5S/c1-15(13,14)6-9(8(11)12)4-2-7(10)3-5-9/h7,10H,2-6H2,1H3,(H,11,12). The van der Waals surface area contributed by atoms with Crippen molar-refractivity contribution >= 4 is 15.8 Å². The number of hydrogen-bond donors (Lipinski definition) is 2. The Labute approximate surface area is 89.0 Å². The molecule has 1 rings (SSSR count). The van der Waals surface area contributed by atoms with Crippen LogP contribution >= 0.6 is 0 Å². The van der Waals surface area contributed by atoms with Crippen LogP contribution in [0.25, 0.3) is 0 Å². The first kappa shape index (κ1) is 12.4. The molecule has 0 aromatic rings. The van der Waals surface area contributed by atoms with E-state index in [1.807, 2.05) is 0 Å². The monoisotopic (exact) mass is 236 g/mol. The Morgan fingerprint density at radius 2 is 1.87 bits per heavy atom. The van der Waals surface area contributed by atoms with Crippen molar-refractivity contribution in [3.8, 4) is 0 Å². The third-order valence-electron chi connectivity index (χ3n) is 2.90. The van der Waals surface area contributed by atoms with Gasteiger partial charge in [0.15, 0.2) is 0 Å². The number of aliphatic hydroxyl groups is 1. The highest BCUT2D eigenvalue weighted by Gasteiger charge is 2.44. The molecule has 88 valence electrons. The highest BCUT2D eigenvalue weighted by atomic mass is 32.2. The lowest BCUT2D eigenvalue weighted by Crippen LogP contribution is -2.42. The highest BCUT2D eigenvalue weighted by molar-refractivity contribution is 7.90. The normalized spacial score (nSPS) is 32.5. The van der Waals surface area contributed by atoms with E-state index in [9.17, 15) is 18.3 Å². The molecule has 1 saturated carbocycles. The molecule has 0 atom stereocenters. The van der Waals surface area contributed by atoms with E-state index in [0.29, 0.717) is 12.8 Å². The van der Waals surface area contributed by atoms with E-state index in [4.69, 9.17) is 5.11 Å². The van der Waals surface area contributed by atoms with Gasteiger partial charge >= 0.3 is 5.97 Å². The smallest absolute Gasteiger partial charge is 0.310 e. The fourth-order valence-corrected chi connectivity index (χ4v) is 3.49. The largest absolute Gasteiger partial charge is 0.481 e. The Hall–Kier alpha value is -0.620. The first-order valence-corrected chi connectivity index (χ1v) is 6.90. The van der Waals surface area contributed by atoms with Gasteiger partial charge in [0.05, 0.1) is 17.3 Å². The van der Waals surface area contributed by atoms with Gasteiger partial charge in [-0.05, 0) is 25.7 Å². The quantitative estimate of drug-likeness (QED) is 0.721. The van der Waals surface area contributed by atoms with Crippen molar-refractivity contribution in [3.05, 3.63) is 0 Å². The summed E-state index contributed by atoms with van der Waals surface area (Å²) >= 11 is 0. The Morgan fingerprint density at radius 1 is 1.40 bits per heavy atom. The summed E-state index contributed by atoms with van der Waals surface area (Å²) in [4.78, 5) is 11.1. The minimum Gasteiger partial charge on any atom is -0.481 e. The lowest BCUT2D eigenvalue weighted by atomic mass is 9.74. The number of aliphatic carboxylic acids is 1. The van der Waals surface area contributed by atoms with Crippen molar-refractivity contribution in [2.75, 3.05) is 12.0 Å². The first-order valence-electron chi connectivity index (χ1n) is 4.84. The average Bonchev–Trinajstić information content (AvgIpc) is 2.06. The Morgan fingerprint density at radius 3 is 2.20 bits per heavy atom. The lowest BCUT2D eigenvalue weighted by Gasteiger charge is -2.34. The maximum atomic E-state index is 11.2. The first-order chi connectivity index (χ1) is 6.75. The van der Waals surface area contributed by atoms with Crippen molar-refractivity contribution in [2.45, 2.75) is 31.8 Å². The molecule has 0 heterocycles. The zero-order valence-corrected chi connectivity index (χ0v) is 9.46. The summed E-state index contributed by atoms with van der Waals surface area (Å²) in [6.07, 6.45) is 1.75. The van der Waals surface area contributed by atoms with Crippen molar-refractivity contribution in [3.63, 3.8) is 0 Å². The highest BCUT2D eigenvalue weighted by Crippen LogP contribution is 2.37. The Kier molecular flexibility index (Phi) is 3.40. The van der Waals surface area contributed by atoms with Gasteiger partial charge in [-0.3, -0.25) is 4.79 Å². The van der Waals surface area contributed by atoms with Crippen LogP contribution in [0.15, 0.2) is 0 Å². The Bertz CT molecular complexity index is 338. The minimum atomic E-state index is -3.31. The number of carboxylic acid groups (broad SMARTS) is 1. The molecule has 0 aromatic heterocycles. The molecule has 0 radical (unpaired) electrons. The predicted molar refractivity (Wildman–Crippen MR) is 54.3 cm³/mol. The van der Waals surface area contributed by atoms with Crippen molar-refractivity contribution < 1.29 is 23.4 Å². The summed E-state index contributed by atoms with van der Waals surface area (Å²) in [6.45, 7) is 0. The van der Waals surface area contributed by atoms with Crippen molar-refractivity contribution in [2.24, 2.45) is 5.41 Å². The molecule has 15 heavy (non-hydrogen) atoms. The van der Waals surface area contributed by atoms with Crippen LogP contribution in [0.3, 0.4) is 0 Å². The molecule has 0 amide bonds. The van der Waals surface area contributed by atoms with Gasteiger partial charge in [-0.1, -0.05) is 0 Å². The summed E-state index contributed by atoms with van der Waals surface area (Å²) in [7, 11) is -3.31. The van der Waals surface area contributed by atoms with Gasteiger partial charge in [-0.25, -0.2) is 8.42 Å². The van der Waals surface area contributed by atoms with Crippen molar-refractivity contribution in [1.29, 1.82) is 0 Å². The minimum absolute atomic E-state index is 0.233. The molecule has 0 bridgehead atoms. The van der Waals surface area contributed by atoms with E-state index in [-0.39, 0.29) is 18.6 Å². The molecule has 1 fully saturated rings. The van der Waals surface area contributed by atoms with Gasteiger partial charge < -0.3 is 10.2 Å². The molecular weight excluding hydrogens is 220 g/mol. The van der Waals surface area contributed by atoms with Crippen LogP contribution in [-0.2, 0) is 14.6 Å². The van der Waals surface area contributed by atoms with Crippen LogP contribution in [0.5, 0.6) is 0 Å². The van der Waals surface area contributed by atoms with Crippen LogP contribution in [0.4, 0.5) is 0 Å². The van der Waals surface area contributed by atoms with E-state index in [1.54, 1.807) is 0 Å². The average molecular weight is 236 g/mol. The predicted octanol–water partition coefficient (Wildman–Crippen LogP) is 0.0369. The van der Waals surface area contributed by atoms with E-state index < -0.39 is 27.3 Å². The zero-order valence-electron chi connectivity index (χ0n) is 8.64. The van der Waals surface area contributed by atoms with Gasteiger partial charge in [0.1, 0.15) is 9.84 Å². The van der Waals surface area contributed by atoms with E-state index in [1.165, 1.54) is 0 Å². The van der Waals surface area contributed by atoms with Crippen LogP contribution in [0.2, 0.25) is 0 Å². The molecule has 1 aliphatic rings. The number of carboxylic acids is 1. The number of aliphatic hydroxyl groups excluding tert-OH is 1. The molecule has 5 nitrogen and oxygen atoms in total. The second-order valence-corrected chi connectivity index (χ2v) is 6.53. The number of carbonyl (C=O) groups is 1. The van der Waals surface area contributed by atoms with Gasteiger partial charge in [0, 0.05) is 6.26 Å². The SMILES string of the molecule is CS(=O)(=O)CC1(C(=O)O)CCC(O)CC1. The van der Waals surface area contributed by atoms with E-state index in [2.05, 4.69) is 0 Å². The fourth-order valence-electron chi connectivity index (χ4n) is 2.08. The van der Waals surface area contributed by atoms with Crippen LogP contribution in [0.1, 0.15) is 25.7 Å². The number of hydrogen-bond acceptors (Lipinski definition) is 4. The third kappa shape index (κ3) is 3.17. The molecule has 6 heteroatoms. The molecule has 0 aromatic carbocycles. The molecule has 0 saturated heterocycles. The lowest BCUT2D eigenvalue weighted by molar-refractivity contribution is -0.150. The fraction of sp³-hybridized carbons (Fsp3) is 0.889. The van der Waals surface area contributed by atoms with Gasteiger partial charge in [0.2, 0.25) is 0 Å². The van der Waals surface area contributed by atoms with E-state index >= 15 is 0 Å². The Balaban J connectivity index is 2.86. The molecule has 1 aliphatic carbocycles. The summed E-state index contributed by atoms with van der Waals surface area (Å²) < 4.78 is 22.3. The number of sulfone groups is 1.